The third-order valence-electron chi connectivity index (χ3n) is 3.20. The van der Waals surface area contributed by atoms with Crippen LogP contribution < -0.4 is 4.90 Å². The van der Waals surface area contributed by atoms with E-state index in [0.717, 1.165) is 15.0 Å². The fourth-order valence-corrected chi connectivity index (χ4v) is 3.25. The Bertz CT molecular complexity index is 851. The zero-order valence-electron chi connectivity index (χ0n) is 12.0. The molecule has 1 amide bonds. The summed E-state index contributed by atoms with van der Waals surface area (Å²) in [4.78, 5) is 14.0. The molecule has 0 aliphatic heterocycles. The number of halogens is 2. The van der Waals surface area contributed by atoms with E-state index in [-0.39, 0.29) is 5.91 Å². The summed E-state index contributed by atoms with van der Waals surface area (Å²) in [5.41, 5.74) is 1.40. The normalized spacial score (nSPS) is 10.6. The number of amides is 1. The van der Waals surface area contributed by atoms with Crippen molar-refractivity contribution in [3.05, 3.63) is 63.6 Å². The Balaban J connectivity index is 1.86. The number of nitrogens with zero attached hydrogens (tertiary/aromatic N) is 3. The van der Waals surface area contributed by atoms with Gasteiger partial charge in [0.25, 0.3) is 5.91 Å². The third kappa shape index (κ3) is 3.44. The highest BCUT2D eigenvalue weighted by Crippen LogP contribution is 2.30. The molecule has 3 aromatic rings. The van der Waals surface area contributed by atoms with Gasteiger partial charge in [-0.1, -0.05) is 63.1 Å². The molecule has 3 rings (SSSR count). The molecule has 1 heterocycles. The van der Waals surface area contributed by atoms with Gasteiger partial charge in [-0.2, -0.15) is 0 Å². The number of carbonyl (C=O) groups excluding carboxylic acids is 1. The highest BCUT2D eigenvalue weighted by atomic mass is 79.9. The van der Waals surface area contributed by atoms with Gasteiger partial charge in [0.15, 0.2) is 0 Å². The van der Waals surface area contributed by atoms with Crippen molar-refractivity contribution >= 4 is 49.9 Å². The zero-order valence-corrected chi connectivity index (χ0v) is 15.2. The lowest BCUT2D eigenvalue weighted by atomic mass is 10.2. The van der Waals surface area contributed by atoms with Crippen LogP contribution in [0.2, 0.25) is 5.02 Å². The summed E-state index contributed by atoms with van der Waals surface area (Å²) in [7, 11) is 1.66. The molecule has 23 heavy (non-hydrogen) atoms. The van der Waals surface area contributed by atoms with Crippen molar-refractivity contribution < 1.29 is 4.79 Å². The van der Waals surface area contributed by atoms with E-state index in [1.54, 1.807) is 31.3 Å². The van der Waals surface area contributed by atoms with Crippen LogP contribution in [0.25, 0.3) is 10.6 Å². The lowest BCUT2D eigenvalue weighted by Gasteiger charge is -2.13. The Kier molecular flexibility index (Phi) is 4.75. The number of carbonyl (C=O) groups is 1. The summed E-state index contributed by atoms with van der Waals surface area (Å²) < 4.78 is 0.997. The van der Waals surface area contributed by atoms with Crippen LogP contribution >= 0.6 is 38.9 Å². The van der Waals surface area contributed by atoms with E-state index in [4.69, 9.17) is 11.6 Å². The lowest BCUT2D eigenvalue weighted by Crippen LogP contribution is -2.26. The molecule has 0 spiro atoms. The Labute approximate surface area is 150 Å². The second-order valence-electron chi connectivity index (χ2n) is 4.74. The Morgan fingerprint density at radius 3 is 2.52 bits per heavy atom. The maximum absolute atomic E-state index is 12.5. The van der Waals surface area contributed by atoms with Crippen LogP contribution in [0.5, 0.6) is 0 Å². The van der Waals surface area contributed by atoms with Crippen LogP contribution in [0.1, 0.15) is 10.4 Å². The minimum Gasteiger partial charge on any atom is -0.286 e. The largest absolute Gasteiger partial charge is 0.286 e. The van der Waals surface area contributed by atoms with Crippen molar-refractivity contribution in [2.75, 3.05) is 11.9 Å². The molecule has 4 nitrogen and oxygen atoms in total. The summed E-state index contributed by atoms with van der Waals surface area (Å²) in [5.74, 6) is -0.214. The predicted molar refractivity (Wildman–Crippen MR) is 97.2 cm³/mol. The quantitative estimate of drug-likeness (QED) is 0.619. The lowest BCUT2D eigenvalue weighted by molar-refractivity contribution is 0.0993. The molecule has 0 unspecified atom stereocenters. The highest BCUT2D eigenvalue weighted by molar-refractivity contribution is 9.10. The number of anilines is 1. The van der Waals surface area contributed by atoms with Gasteiger partial charge in [-0.25, -0.2) is 0 Å². The summed E-state index contributed by atoms with van der Waals surface area (Å²) >= 11 is 10.8. The van der Waals surface area contributed by atoms with Crippen molar-refractivity contribution in [2.24, 2.45) is 0 Å². The Hall–Kier alpha value is -1.76. The first-order valence-corrected chi connectivity index (χ1v) is 8.67. The van der Waals surface area contributed by atoms with Crippen LogP contribution in [0, 0.1) is 0 Å². The monoisotopic (exact) mass is 407 g/mol. The van der Waals surface area contributed by atoms with E-state index in [1.165, 1.54) is 16.2 Å². The zero-order chi connectivity index (χ0) is 16.4. The van der Waals surface area contributed by atoms with Gasteiger partial charge in [0.2, 0.25) is 5.13 Å². The summed E-state index contributed by atoms with van der Waals surface area (Å²) in [5, 5.41) is 9.97. The van der Waals surface area contributed by atoms with E-state index >= 15 is 0 Å². The molecule has 0 N–H and O–H groups in total. The number of hydrogen-bond acceptors (Lipinski definition) is 4. The van der Waals surface area contributed by atoms with Crippen molar-refractivity contribution in [1.82, 2.24) is 10.2 Å². The average Bonchev–Trinajstić information content (AvgIpc) is 3.04. The van der Waals surface area contributed by atoms with Gasteiger partial charge < -0.3 is 0 Å². The molecule has 0 saturated carbocycles. The van der Waals surface area contributed by atoms with Crippen LogP contribution in [0.15, 0.2) is 53.0 Å². The fraction of sp³-hybridized carbons (Fsp3) is 0.0625. The second kappa shape index (κ2) is 6.78. The van der Waals surface area contributed by atoms with Crippen molar-refractivity contribution in [1.29, 1.82) is 0 Å². The van der Waals surface area contributed by atoms with Gasteiger partial charge in [-0.3, -0.25) is 9.69 Å². The average molecular weight is 409 g/mol. The summed E-state index contributed by atoms with van der Waals surface area (Å²) in [6.45, 7) is 0. The van der Waals surface area contributed by atoms with Crippen LogP contribution in [0.3, 0.4) is 0 Å². The minimum atomic E-state index is -0.214. The number of aromatic nitrogens is 2. The summed E-state index contributed by atoms with van der Waals surface area (Å²) in [6, 6.07) is 14.7. The van der Waals surface area contributed by atoms with Crippen LogP contribution in [-0.2, 0) is 0 Å². The van der Waals surface area contributed by atoms with Gasteiger partial charge in [-0.05, 0) is 24.3 Å². The molecule has 7 heteroatoms. The van der Waals surface area contributed by atoms with Crippen molar-refractivity contribution in [2.45, 2.75) is 0 Å². The van der Waals surface area contributed by atoms with E-state index in [2.05, 4.69) is 26.1 Å². The fourth-order valence-electron chi connectivity index (χ4n) is 1.96. The van der Waals surface area contributed by atoms with Crippen molar-refractivity contribution in [3.63, 3.8) is 0 Å². The Morgan fingerprint density at radius 1 is 1.13 bits per heavy atom. The molecular formula is C16H11BrClN3OS. The molecular weight excluding hydrogens is 398 g/mol. The molecule has 0 saturated heterocycles. The molecule has 0 fully saturated rings. The SMILES string of the molecule is CN(C(=O)c1ccccc1Cl)c1nnc(-c2ccc(Br)cc2)s1. The molecule has 0 aliphatic carbocycles. The number of rotatable bonds is 3. The second-order valence-corrected chi connectivity index (χ2v) is 7.02. The molecule has 1 aromatic heterocycles. The molecule has 0 radical (unpaired) electrons. The Morgan fingerprint density at radius 2 is 1.83 bits per heavy atom. The predicted octanol–water partition coefficient (Wildman–Crippen LogP) is 4.90. The summed E-state index contributed by atoms with van der Waals surface area (Å²) in [6.07, 6.45) is 0. The minimum absolute atomic E-state index is 0.214. The van der Waals surface area contributed by atoms with E-state index in [9.17, 15) is 4.79 Å². The van der Waals surface area contributed by atoms with Crippen LogP contribution in [0.4, 0.5) is 5.13 Å². The van der Waals surface area contributed by atoms with Gasteiger partial charge in [0, 0.05) is 17.1 Å². The topological polar surface area (TPSA) is 46.1 Å². The number of hydrogen-bond donors (Lipinski definition) is 0. The molecule has 116 valence electrons. The van der Waals surface area contributed by atoms with Gasteiger partial charge in [0.05, 0.1) is 10.6 Å². The van der Waals surface area contributed by atoms with Crippen molar-refractivity contribution in [3.8, 4) is 10.6 Å². The first kappa shape index (κ1) is 16.1. The van der Waals surface area contributed by atoms with Gasteiger partial charge in [0.1, 0.15) is 5.01 Å². The maximum atomic E-state index is 12.5. The van der Waals surface area contributed by atoms with E-state index in [1.807, 2.05) is 24.3 Å². The first-order chi connectivity index (χ1) is 11.1. The van der Waals surface area contributed by atoms with E-state index in [0.29, 0.717) is 15.7 Å². The maximum Gasteiger partial charge on any atom is 0.261 e. The smallest absolute Gasteiger partial charge is 0.261 e. The third-order valence-corrected chi connectivity index (χ3v) is 5.11. The van der Waals surface area contributed by atoms with Crippen LogP contribution in [-0.4, -0.2) is 23.2 Å². The van der Waals surface area contributed by atoms with E-state index < -0.39 is 0 Å². The molecule has 2 aromatic carbocycles. The standard InChI is InChI=1S/C16H11BrClN3OS/c1-21(15(22)12-4-2-3-5-13(12)18)16-20-19-14(23-16)10-6-8-11(17)9-7-10/h2-9H,1H3. The highest BCUT2D eigenvalue weighted by Gasteiger charge is 2.19. The molecule has 0 bridgehead atoms. The number of benzene rings is 2. The molecule has 0 aliphatic rings. The first-order valence-electron chi connectivity index (χ1n) is 6.68. The van der Waals surface area contributed by atoms with Gasteiger partial charge >= 0.3 is 0 Å². The van der Waals surface area contributed by atoms with Gasteiger partial charge in [-0.15, -0.1) is 10.2 Å². The molecule has 0 atom stereocenters.